The number of amides is 1. The summed E-state index contributed by atoms with van der Waals surface area (Å²) in [5.74, 6) is 0.405. The number of nitrogen functional groups attached to an aromatic ring is 1. The molecule has 0 bridgehead atoms. The van der Waals surface area contributed by atoms with Crippen molar-refractivity contribution in [3.8, 4) is 0 Å². The molecular weight excluding hydrogens is 250 g/mol. The van der Waals surface area contributed by atoms with Crippen molar-refractivity contribution in [3.05, 3.63) is 59.3 Å². The number of carbonyl (C=O) groups excluding carboxylic acids is 1. The predicted octanol–water partition coefficient (Wildman–Crippen LogP) is 2.25. The van der Waals surface area contributed by atoms with Gasteiger partial charge in [0, 0.05) is 24.8 Å². The minimum atomic E-state index is 0.0239. The van der Waals surface area contributed by atoms with Crippen molar-refractivity contribution >= 4 is 11.7 Å². The second-order valence-corrected chi connectivity index (χ2v) is 5.07. The first kappa shape index (κ1) is 12.7. The third-order valence-electron chi connectivity index (χ3n) is 3.67. The average molecular weight is 267 g/mol. The molecule has 4 heteroatoms. The Morgan fingerprint density at radius 2 is 2.00 bits per heavy atom. The van der Waals surface area contributed by atoms with Gasteiger partial charge in [-0.05, 0) is 36.1 Å². The summed E-state index contributed by atoms with van der Waals surface area (Å²) in [6.07, 6.45) is 3.59. The van der Waals surface area contributed by atoms with Crippen LogP contribution in [0.1, 0.15) is 27.9 Å². The van der Waals surface area contributed by atoms with Crippen LogP contribution < -0.4 is 5.73 Å². The highest BCUT2D eigenvalue weighted by Crippen LogP contribution is 2.20. The van der Waals surface area contributed by atoms with E-state index in [1.54, 1.807) is 18.3 Å². The van der Waals surface area contributed by atoms with Crippen LogP contribution in [0.2, 0.25) is 0 Å². The van der Waals surface area contributed by atoms with Gasteiger partial charge in [-0.2, -0.15) is 0 Å². The van der Waals surface area contributed by atoms with Gasteiger partial charge in [0.1, 0.15) is 5.82 Å². The Labute approximate surface area is 118 Å². The third kappa shape index (κ3) is 2.50. The van der Waals surface area contributed by atoms with Crippen LogP contribution >= 0.6 is 0 Å². The SMILES string of the molecule is Nc1cc(C(=O)N2CCCc3ccccc3C2)ccn1. The first-order valence-corrected chi connectivity index (χ1v) is 6.81. The van der Waals surface area contributed by atoms with Crippen molar-refractivity contribution in [1.82, 2.24) is 9.88 Å². The fourth-order valence-corrected chi connectivity index (χ4v) is 2.64. The standard InChI is InChI=1S/C16H17N3O/c17-15-10-13(7-8-18-15)16(20)19-9-3-6-12-4-1-2-5-14(12)11-19/h1-2,4-5,7-8,10H,3,6,9,11H2,(H2,17,18). The fourth-order valence-electron chi connectivity index (χ4n) is 2.64. The summed E-state index contributed by atoms with van der Waals surface area (Å²) in [6, 6.07) is 11.7. The molecule has 1 aromatic heterocycles. The summed E-state index contributed by atoms with van der Waals surface area (Å²) in [7, 11) is 0. The Kier molecular flexibility index (Phi) is 3.37. The monoisotopic (exact) mass is 267 g/mol. The lowest BCUT2D eigenvalue weighted by atomic mass is 10.0. The van der Waals surface area contributed by atoms with Gasteiger partial charge in [0.15, 0.2) is 0 Å². The van der Waals surface area contributed by atoms with Crippen molar-refractivity contribution in [2.24, 2.45) is 0 Å². The van der Waals surface area contributed by atoms with Crippen LogP contribution in [0.4, 0.5) is 5.82 Å². The van der Waals surface area contributed by atoms with Crippen molar-refractivity contribution < 1.29 is 4.79 Å². The lowest BCUT2D eigenvalue weighted by molar-refractivity contribution is 0.0746. The van der Waals surface area contributed by atoms with Gasteiger partial charge >= 0.3 is 0 Å². The van der Waals surface area contributed by atoms with Gasteiger partial charge in [0.25, 0.3) is 5.91 Å². The molecule has 3 rings (SSSR count). The van der Waals surface area contributed by atoms with Gasteiger partial charge in [-0.25, -0.2) is 4.98 Å². The highest BCUT2D eigenvalue weighted by molar-refractivity contribution is 5.94. The molecular formula is C16H17N3O. The average Bonchev–Trinajstić information content (AvgIpc) is 2.68. The quantitative estimate of drug-likeness (QED) is 0.862. The molecule has 0 radical (unpaired) electrons. The summed E-state index contributed by atoms with van der Waals surface area (Å²) < 4.78 is 0. The number of nitrogens with two attached hydrogens (primary N) is 1. The maximum atomic E-state index is 12.6. The minimum absolute atomic E-state index is 0.0239. The van der Waals surface area contributed by atoms with Crippen molar-refractivity contribution in [2.75, 3.05) is 12.3 Å². The number of rotatable bonds is 1. The fraction of sp³-hybridized carbons (Fsp3) is 0.250. The second kappa shape index (κ2) is 5.33. The minimum Gasteiger partial charge on any atom is -0.384 e. The van der Waals surface area contributed by atoms with Crippen LogP contribution in [-0.2, 0) is 13.0 Å². The Bertz CT molecular complexity index is 639. The number of hydrogen-bond donors (Lipinski definition) is 1. The number of nitrogens with zero attached hydrogens (tertiary/aromatic N) is 2. The number of aromatic nitrogens is 1. The van der Waals surface area contributed by atoms with E-state index in [9.17, 15) is 4.79 Å². The van der Waals surface area contributed by atoms with E-state index < -0.39 is 0 Å². The number of benzene rings is 1. The first-order chi connectivity index (χ1) is 9.74. The number of hydrogen-bond acceptors (Lipinski definition) is 3. The Balaban J connectivity index is 1.86. The van der Waals surface area contributed by atoms with Crippen LogP contribution in [0.5, 0.6) is 0 Å². The second-order valence-electron chi connectivity index (χ2n) is 5.07. The van der Waals surface area contributed by atoms with Gasteiger partial charge in [-0.15, -0.1) is 0 Å². The van der Waals surface area contributed by atoms with Crippen molar-refractivity contribution in [3.63, 3.8) is 0 Å². The molecule has 1 aliphatic heterocycles. The van der Waals surface area contributed by atoms with E-state index in [1.807, 2.05) is 11.0 Å². The van der Waals surface area contributed by atoms with E-state index in [-0.39, 0.29) is 5.91 Å². The third-order valence-corrected chi connectivity index (χ3v) is 3.67. The van der Waals surface area contributed by atoms with Gasteiger partial charge in [0.2, 0.25) is 0 Å². The summed E-state index contributed by atoms with van der Waals surface area (Å²) in [6.45, 7) is 1.44. The molecule has 2 aromatic rings. The zero-order valence-corrected chi connectivity index (χ0v) is 11.2. The van der Waals surface area contributed by atoms with Crippen LogP contribution in [-0.4, -0.2) is 22.3 Å². The van der Waals surface area contributed by atoms with E-state index >= 15 is 0 Å². The van der Waals surface area contributed by atoms with E-state index in [0.29, 0.717) is 17.9 Å². The Morgan fingerprint density at radius 3 is 2.80 bits per heavy atom. The molecule has 0 unspecified atom stereocenters. The lowest BCUT2D eigenvalue weighted by Crippen LogP contribution is -2.30. The molecule has 2 N–H and O–H groups in total. The number of pyridine rings is 1. The molecule has 0 atom stereocenters. The van der Waals surface area contributed by atoms with Gasteiger partial charge in [0.05, 0.1) is 0 Å². The van der Waals surface area contributed by atoms with E-state index in [1.165, 1.54) is 11.1 Å². The summed E-state index contributed by atoms with van der Waals surface area (Å²) in [4.78, 5) is 18.4. The number of fused-ring (bicyclic) bond motifs is 1. The summed E-state index contributed by atoms with van der Waals surface area (Å²) in [5.41, 5.74) is 8.84. The Hall–Kier alpha value is -2.36. The molecule has 1 aliphatic rings. The molecule has 0 saturated carbocycles. The molecule has 1 aromatic carbocycles. The highest BCUT2D eigenvalue weighted by Gasteiger charge is 2.20. The summed E-state index contributed by atoms with van der Waals surface area (Å²) >= 11 is 0. The molecule has 2 heterocycles. The molecule has 0 fully saturated rings. The first-order valence-electron chi connectivity index (χ1n) is 6.81. The normalized spacial score (nSPS) is 14.5. The zero-order chi connectivity index (χ0) is 13.9. The van der Waals surface area contributed by atoms with Gasteiger partial charge in [-0.3, -0.25) is 4.79 Å². The number of aryl methyl sites for hydroxylation is 1. The van der Waals surface area contributed by atoms with Crippen LogP contribution in [0.25, 0.3) is 0 Å². The maximum absolute atomic E-state index is 12.6. The molecule has 0 spiro atoms. The molecule has 102 valence electrons. The topological polar surface area (TPSA) is 59.2 Å². The van der Waals surface area contributed by atoms with Crippen LogP contribution in [0, 0.1) is 0 Å². The van der Waals surface area contributed by atoms with Crippen molar-refractivity contribution in [2.45, 2.75) is 19.4 Å². The van der Waals surface area contributed by atoms with Crippen LogP contribution in [0.15, 0.2) is 42.6 Å². The molecule has 1 amide bonds. The van der Waals surface area contributed by atoms with Crippen LogP contribution in [0.3, 0.4) is 0 Å². The Morgan fingerprint density at radius 1 is 1.20 bits per heavy atom. The largest absolute Gasteiger partial charge is 0.384 e. The molecule has 0 aliphatic carbocycles. The molecule has 0 saturated heterocycles. The van der Waals surface area contributed by atoms with E-state index in [4.69, 9.17) is 5.73 Å². The highest BCUT2D eigenvalue weighted by atomic mass is 16.2. The smallest absolute Gasteiger partial charge is 0.254 e. The number of carbonyl (C=O) groups is 1. The van der Waals surface area contributed by atoms with Crippen molar-refractivity contribution in [1.29, 1.82) is 0 Å². The lowest BCUT2D eigenvalue weighted by Gasteiger charge is -2.21. The number of anilines is 1. The van der Waals surface area contributed by atoms with Gasteiger partial charge in [-0.1, -0.05) is 24.3 Å². The molecule has 20 heavy (non-hydrogen) atoms. The predicted molar refractivity (Wildman–Crippen MR) is 78.2 cm³/mol. The van der Waals surface area contributed by atoms with Gasteiger partial charge < -0.3 is 10.6 Å². The van der Waals surface area contributed by atoms with E-state index in [2.05, 4.69) is 23.2 Å². The van der Waals surface area contributed by atoms with E-state index in [0.717, 1.165) is 19.4 Å². The maximum Gasteiger partial charge on any atom is 0.254 e. The zero-order valence-electron chi connectivity index (χ0n) is 11.2. The molecule has 4 nitrogen and oxygen atoms in total. The summed E-state index contributed by atoms with van der Waals surface area (Å²) in [5, 5.41) is 0.